The minimum absolute atomic E-state index is 0.0147. The van der Waals surface area contributed by atoms with E-state index in [2.05, 4.69) is 10.3 Å². The molecule has 128 valence electrons. The Balaban J connectivity index is 2.15. The van der Waals surface area contributed by atoms with Gasteiger partial charge in [0.25, 0.3) is 0 Å². The van der Waals surface area contributed by atoms with E-state index >= 15 is 0 Å². The van der Waals surface area contributed by atoms with E-state index in [1.807, 2.05) is 0 Å². The van der Waals surface area contributed by atoms with Crippen molar-refractivity contribution < 1.29 is 19.1 Å². The highest BCUT2D eigenvalue weighted by Crippen LogP contribution is 2.28. The molecule has 0 spiro atoms. The van der Waals surface area contributed by atoms with Crippen molar-refractivity contribution in [1.29, 1.82) is 0 Å². The number of halogens is 2. The number of hydrogen-bond donors (Lipinski definition) is 2. The lowest BCUT2D eigenvalue weighted by atomic mass is 10.00. The largest absolute Gasteiger partial charge is 0.481 e. The molecule has 2 N–H and O–H groups in total. The lowest BCUT2D eigenvalue weighted by molar-refractivity contribution is -0.137. The van der Waals surface area contributed by atoms with Gasteiger partial charge in [0.05, 0.1) is 11.4 Å². The summed E-state index contributed by atoms with van der Waals surface area (Å²) in [7, 11) is 0. The lowest BCUT2D eigenvalue weighted by Crippen LogP contribution is -2.26. The van der Waals surface area contributed by atoms with Gasteiger partial charge in [-0.1, -0.05) is 23.7 Å². The molecule has 7 heteroatoms. The monoisotopic (exact) mass is 360 g/mol. The van der Waals surface area contributed by atoms with E-state index in [0.29, 0.717) is 16.3 Å². The number of amides is 1. The molecule has 0 radical (unpaired) electrons. The van der Waals surface area contributed by atoms with Gasteiger partial charge in [-0.2, -0.15) is 0 Å². The van der Waals surface area contributed by atoms with Crippen LogP contribution in [-0.2, 0) is 9.59 Å². The second-order valence-corrected chi connectivity index (χ2v) is 6.02. The quantitative estimate of drug-likeness (QED) is 0.875. The zero-order valence-corrected chi connectivity index (χ0v) is 13.8. The van der Waals surface area contributed by atoms with Gasteiger partial charge in [-0.15, -0.1) is 0 Å². The first-order chi connectivity index (χ1) is 12.0. The number of carbonyl (C=O) groups is 2. The van der Waals surface area contributed by atoms with E-state index in [-0.39, 0.29) is 24.1 Å². The molecule has 5 nitrogen and oxygen atoms in total. The van der Waals surface area contributed by atoms with Crippen molar-refractivity contribution in [1.82, 2.24) is 0 Å². The van der Waals surface area contributed by atoms with Gasteiger partial charge < -0.3 is 10.4 Å². The summed E-state index contributed by atoms with van der Waals surface area (Å²) in [6, 6.07) is 9.97. The summed E-state index contributed by atoms with van der Waals surface area (Å²) < 4.78 is 14.3. The molecule has 0 saturated carbocycles. The van der Waals surface area contributed by atoms with E-state index in [0.717, 1.165) is 0 Å². The number of hydrogen-bond acceptors (Lipinski definition) is 3. The highest BCUT2D eigenvalue weighted by atomic mass is 35.5. The van der Waals surface area contributed by atoms with Crippen molar-refractivity contribution in [2.24, 2.45) is 4.99 Å². The molecule has 0 aromatic heterocycles. The van der Waals surface area contributed by atoms with Crippen molar-refractivity contribution >= 4 is 34.9 Å². The highest BCUT2D eigenvalue weighted by Gasteiger charge is 2.27. The van der Waals surface area contributed by atoms with E-state index in [1.54, 1.807) is 36.4 Å². The molecule has 25 heavy (non-hydrogen) atoms. The summed E-state index contributed by atoms with van der Waals surface area (Å²) in [6.45, 7) is 0. The molecule has 1 aliphatic heterocycles. The van der Waals surface area contributed by atoms with Crippen LogP contribution in [-0.4, -0.2) is 28.7 Å². The van der Waals surface area contributed by atoms with E-state index in [1.165, 1.54) is 6.07 Å². The number of rotatable bonds is 4. The maximum absolute atomic E-state index is 14.3. The number of carboxylic acids is 1. The van der Waals surface area contributed by atoms with E-state index in [9.17, 15) is 14.0 Å². The Morgan fingerprint density at radius 2 is 2.00 bits per heavy atom. The van der Waals surface area contributed by atoms with Crippen molar-refractivity contribution in [3.63, 3.8) is 0 Å². The number of carbonyl (C=O) groups excluding carboxylic acids is 1. The van der Waals surface area contributed by atoms with Crippen molar-refractivity contribution in [3.8, 4) is 0 Å². The Hall–Kier alpha value is -2.73. The first kappa shape index (κ1) is 17.1. The van der Waals surface area contributed by atoms with Gasteiger partial charge in [0, 0.05) is 22.6 Å². The first-order valence-electron chi connectivity index (χ1n) is 7.61. The Labute approximate surface area is 148 Å². The predicted molar refractivity (Wildman–Crippen MR) is 92.8 cm³/mol. The SMILES string of the molecule is O=C(O)CC[C@@H]1N=C(c2ccccc2F)c2cc(Cl)ccc2NC1=O. The molecule has 1 amide bonds. The Bertz CT molecular complexity index is 882. The molecule has 1 heterocycles. The van der Waals surface area contributed by atoms with Crippen molar-refractivity contribution in [2.45, 2.75) is 18.9 Å². The van der Waals surface area contributed by atoms with Crippen LogP contribution in [0.4, 0.5) is 10.1 Å². The maximum Gasteiger partial charge on any atom is 0.303 e. The third-order valence-corrected chi connectivity index (χ3v) is 4.08. The van der Waals surface area contributed by atoms with Crippen LogP contribution in [0.2, 0.25) is 5.02 Å². The summed E-state index contributed by atoms with van der Waals surface area (Å²) >= 11 is 6.06. The summed E-state index contributed by atoms with van der Waals surface area (Å²) in [5.41, 5.74) is 1.44. The van der Waals surface area contributed by atoms with Crippen LogP contribution in [0.1, 0.15) is 24.0 Å². The van der Waals surface area contributed by atoms with E-state index in [4.69, 9.17) is 16.7 Å². The van der Waals surface area contributed by atoms with E-state index < -0.39 is 23.7 Å². The van der Waals surface area contributed by atoms with Gasteiger partial charge in [-0.05, 0) is 36.8 Å². The van der Waals surface area contributed by atoms with Crippen LogP contribution >= 0.6 is 11.6 Å². The second-order valence-electron chi connectivity index (χ2n) is 5.58. The Kier molecular flexibility index (Phi) is 4.81. The summed E-state index contributed by atoms with van der Waals surface area (Å²) in [6.07, 6.45) is -0.204. The van der Waals surface area contributed by atoms with Crippen LogP contribution in [0, 0.1) is 5.82 Å². The lowest BCUT2D eigenvalue weighted by Gasteiger charge is -2.11. The molecule has 1 atom stereocenters. The van der Waals surface area contributed by atoms with Gasteiger partial charge in [-0.25, -0.2) is 4.39 Å². The van der Waals surface area contributed by atoms with Gasteiger partial charge in [0.1, 0.15) is 11.9 Å². The molecule has 1 aliphatic rings. The fraction of sp³-hybridized carbons (Fsp3) is 0.167. The Morgan fingerprint density at radius 3 is 2.72 bits per heavy atom. The molecule has 2 aromatic carbocycles. The first-order valence-corrected chi connectivity index (χ1v) is 7.99. The standard InChI is InChI=1S/C18H14ClFN2O3/c19-10-5-6-14-12(9-10)17(11-3-1-2-4-13(11)20)21-15(18(25)22-14)7-8-16(23)24/h1-6,9,15H,7-8H2,(H,22,25)(H,23,24)/t15-/m0/s1. The molecule has 2 aromatic rings. The maximum atomic E-state index is 14.3. The highest BCUT2D eigenvalue weighted by molar-refractivity contribution is 6.32. The zero-order chi connectivity index (χ0) is 18.0. The van der Waals surface area contributed by atoms with Crippen LogP contribution in [0.25, 0.3) is 0 Å². The van der Waals surface area contributed by atoms with Gasteiger partial charge in [0.15, 0.2) is 0 Å². The number of carboxylic acid groups (broad SMARTS) is 1. The topological polar surface area (TPSA) is 78.8 Å². The number of nitrogens with one attached hydrogen (secondary N) is 1. The summed E-state index contributed by atoms with van der Waals surface area (Å²) in [4.78, 5) is 27.6. The Morgan fingerprint density at radius 1 is 1.24 bits per heavy atom. The molecule has 0 bridgehead atoms. The predicted octanol–water partition coefficient (Wildman–Crippen LogP) is 3.50. The van der Waals surface area contributed by atoms with Crippen molar-refractivity contribution in [3.05, 3.63) is 64.4 Å². The average molecular weight is 361 g/mol. The van der Waals surface area contributed by atoms with Crippen molar-refractivity contribution in [2.75, 3.05) is 5.32 Å². The second kappa shape index (κ2) is 7.03. The zero-order valence-electron chi connectivity index (χ0n) is 13.0. The average Bonchev–Trinajstić information content (AvgIpc) is 2.70. The molecule has 0 fully saturated rings. The number of aliphatic carboxylic acids is 1. The summed E-state index contributed by atoms with van der Waals surface area (Å²) in [5.74, 6) is -1.95. The molecular formula is C18H14ClFN2O3. The minimum Gasteiger partial charge on any atom is -0.481 e. The minimum atomic E-state index is -1.03. The number of aliphatic imine (C=N–C) groups is 1. The molecule has 3 rings (SSSR count). The summed E-state index contributed by atoms with van der Waals surface area (Å²) in [5, 5.41) is 12.0. The number of benzene rings is 2. The number of benzodiazepines with no additional fused rings is 1. The number of fused-ring (bicyclic) bond motifs is 1. The van der Waals surface area contributed by atoms with Gasteiger partial charge in [-0.3, -0.25) is 14.6 Å². The number of anilines is 1. The van der Waals surface area contributed by atoms with Gasteiger partial charge >= 0.3 is 5.97 Å². The fourth-order valence-electron chi connectivity index (χ4n) is 2.65. The van der Waals surface area contributed by atoms with Crippen LogP contribution in [0.15, 0.2) is 47.5 Å². The van der Waals surface area contributed by atoms with Gasteiger partial charge in [0.2, 0.25) is 5.91 Å². The fourth-order valence-corrected chi connectivity index (χ4v) is 2.82. The molecular weight excluding hydrogens is 347 g/mol. The third-order valence-electron chi connectivity index (χ3n) is 3.84. The van der Waals surface area contributed by atoms with Crippen LogP contribution < -0.4 is 5.32 Å². The molecule has 0 aliphatic carbocycles. The van der Waals surface area contributed by atoms with Crippen LogP contribution in [0.5, 0.6) is 0 Å². The smallest absolute Gasteiger partial charge is 0.303 e. The molecule has 0 unspecified atom stereocenters. The third kappa shape index (κ3) is 3.69. The normalized spacial score (nSPS) is 16.5. The number of nitrogens with zero attached hydrogens (tertiary/aromatic N) is 1. The van der Waals surface area contributed by atoms with Crippen LogP contribution in [0.3, 0.4) is 0 Å². The molecule has 0 saturated heterocycles.